The first-order valence-corrected chi connectivity index (χ1v) is 9.65. The summed E-state index contributed by atoms with van der Waals surface area (Å²) in [6.45, 7) is 0.506. The van der Waals surface area contributed by atoms with E-state index in [0.29, 0.717) is 13.0 Å². The van der Waals surface area contributed by atoms with Gasteiger partial charge < -0.3 is 15.0 Å². The van der Waals surface area contributed by atoms with Gasteiger partial charge in [-0.1, -0.05) is 60.7 Å². The number of fused-ring (bicyclic) bond motifs is 1. The molecule has 0 saturated heterocycles. The molecule has 0 aliphatic heterocycles. The maximum atomic E-state index is 13.0. The van der Waals surface area contributed by atoms with E-state index in [9.17, 15) is 4.79 Å². The van der Waals surface area contributed by atoms with Gasteiger partial charge in [0.25, 0.3) is 0 Å². The van der Waals surface area contributed by atoms with E-state index in [0.717, 1.165) is 33.7 Å². The van der Waals surface area contributed by atoms with Crippen molar-refractivity contribution >= 4 is 16.9 Å². The van der Waals surface area contributed by atoms with E-state index < -0.39 is 0 Å². The molecule has 5 nitrogen and oxygen atoms in total. The number of rotatable bonds is 7. The number of hydrogen-bond donors (Lipinski definition) is 2. The Hall–Kier alpha value is -3.60. The molecular formula is C24H23N3O2. The molecule has 0 aliphatic carbocycles. The van der Waals surface area contributed by atoms with Gasteiger partial charge in [-0.15, -0.1) is 0 Å². The first kappa shape index (κ1) is 18.7. The van der Waals surface area contributed by atoms with Gasteiger partial charge in [0, 0.05) is 19.0 Å². The van der Waals surface area contributed by atoms with Crippen LogP contribution in [-0.2, 0) is 11.2 Å². The summed E-state index contributed by atoms with van der Waals surface area (Å²) in [6, 6.07) is 25.4. The maximum Gasteiger partial charge on any atom is 0.232 e. The average molecular weight is 385 g/mol. The van der Waals surface area contributed by atoms with Crippen LogP contribution < -0.4 is 10.1 Å². The fraction of sp³-hybridized carbons (Fsp3) is 0.167. The molecule has 29 heavy (non-hydrogen) atoms. The van der Waals surface area contributed by atoms with Gasteiger partial charge in [-0.05, 0) is 23.3 Å². The van der Waals surface area contributed by atoms with E-state index in [2.05, 4.69) is 15.3 Å². The third-order valence-electron chi connectivity index (χ3n) is 4.93. The van der Waals surface area contributed by atoms with Gasteiger partial charge >= 0.3 is 0 Å². The zero-order valence-electron chi connectivity index (χ0n) is 16.3. The van der Waals surface area contributed by atoms with E-state index in [1.807, 2.05) is 78.9 Å². The van der Waals surface area contributed by atoms with E-state index in [1.54, 1.807) is 7.11 Å². The lowest BCUT2D eigenvalue weighted by molar-refractivity contribution is -0.121. The molecule has 0 atom stereocenters. The molecule has 2 N–H and O–H groups in total. The zero-order chi connectivity index (χ0) is 20.1. The Morgan fingerprint density at radius 3 is 2.28 bits per heavy atom. The quantitative estimate of drug-likeness (QED) is 0.504. The highest BCUT2D eigenvalue weighted by Gasteiger charge is 2.22. The van der Waals surface area contributed by atoms with Crippen molar-refractivity contribution < 1.29 is 9.53 Å². The van der Waals surface area contributed by atoms with E-state index in [4.69, 9.17) is 4.74 Å². The van der Waals surface area contributed by atoms with E-state index in [-0.39, 0.29) is 11.8 Å². The smallest absolute Gasteiger partial charge is 0.232 e. The third-order valence-corrected chi connectivity index (χ3v) is 4.93. The monoisotopic (exact) mass is 385 g/mol. The molecule has 0 aliphatic rings. The summed E-state index contributed by atoms with van der Waals surface area (Å²) in [4.78, 5) is 20.9. The zero-order valence-corrected chi connectivity index (χ0v) is 16.3. The van der Waals surface area contributed by atoms with Crippen LogP contribution in [-0.4, -0.2) is 29.5 Å². The summed E-state index contributed by atoms with van der Waals surface area (Å²) in [5, 5.41) is 3.07. The van der Waals surface area contributed by atoms with E-state index in [1.165, 1.54) is 0 Å². The Morgan fingerprint density at radius 2 is 1.66 bits per heavy atom. The number of benzene rings is 3. The predicted molar refractivity (Wildman–Crippen MR) is 114 cm³/mol. The van der Waals surface area contributed by atoms with E-state index >= 15 is 0 Å². The largest absolute Gasteiger partial charge is 0.497 e. The van der Waals surface area contributed by atoms with Crippen LogP contribution in [0.4, 0.5) is 0 Å². The van der Waals surface area contributed by atoms with Gasteiger partial charge in [-0.2, -0.15) is 0 Å². The van der Waals surface area contributed by atoms with Crippen molar-refractivity contribution in [1.82, 2.24) is 15.3 Å². The van der Waals surface area contributed by atoms with Crippen LogP contribution in [0.1, 0.15) is 22.9 Å². The van der Waals surface area contributed by atoms with Crippen molar-refractivity contribution in [2.45, 2.75) is 12.3 Å². The second-order valence-corrected chi connectivity index (χ2v) is 6.86. The Bertz CT molecular complexity index is 1050. The summed E-state index contributed by atoms with van der Waals surface area (Å²) >= 11 is 0. The molecule has 146 valence electrons. The van der Waals surface area contributed by atoms with Crippen LogP contribution in [0.25, 0.3) is 11.0 Å². The number of carbonyl (C=O) groups excluding carboxylic acids is 1. The number of nitrogens with one attached hydrogen (secondary N) is 2. The first-order valence-electron chi connectivity index (χ1n) is 9.65. The summed E-state index contributed by atoms with van der Waals surface area (Å²) in [5.74, 6) is 1.27. The summed E-state index contributed by atoms with van der Waals surface area (Å²) in [7, 11) is 1.64. The van der Waals surface area contributed by atoms with Crippen molar-refractivity contribution in [3.8, 4) is 5.75 Å². The third kappa shape index (κ3) is 4.29. The number of hydrogen-bond acceptors (Lipinski definition) is 3. The highest BCUT2D eigenvalue weighted by Crippen LogP contribution is 2.24. The Balaban J connectivity index is 1.46. The van der Waals surface area contributed by atoms with Crippen LogP contribution in [0, 0.1) is 0 Å². The predicted octanol–water partition coefficient (Wildman–Crippen LogP) is 4.06. The topological polar surface area (TPSA) is 67.0 Å². The van der Waals surface area contributed by atoms with Crippen molar-refractivity contribution in [3.05, 3.63) is 95.8 Å². The fourth-order valence-corrected chi connectivity index (χ4v) is 3.48. The van der Waals surface area contributed by atoms with Gasteiger partial charge in [0.2, 0.25) is 5.91 Å². The molecule has 0 unspecified atom stereocenters. The molecule has 0 radical (unpaired) electrons. The van der Waals surface area contributed by atoms with Crippen LogP contribution in [0.5, 0.6) is 5.75 Å². The van der Waals surface area contributed by atoms with Gasteiger partial charge in [0.05, 0.1) is 24.1 Å². The van der Waals surface area contributed by atoms with Crippen LogP contribution >= 0.6 is 0 Å². The minimum Gasteiger partial charge on any atom is -0.497 e. The molecule has 1 amide bonds. The maximum absolute atomic E-state index is 13.0. The number of nitrogens with zero attached hydrogens (tertiary/aromatic N) is 1. The number of aromatic amines is 1. The lowest BCUT2D eigenvalue weighted by Crippen LogP contribution is -2.31. The molecule has 5 heteroatoms. The number of carbonyl (C=O) groups is 1. The summed E-state index contributed by atoms with van der Waals surface area (Å²) in [5.41, 5.74) is 3.77. The number of methoxy groups -OCH3 is 1. The van der Waals surface area contributed by atoms with Crippen LogP contribution in [0.15, 0.2) is 78.9 Å². The second-order valence-electron chi connectivity index (χ2n) is 6.86. The standard InChI is InChI=1S/C24H23N3O2/c1-29-19-12-13-20-21(16-19)27-22(26-20)14-15-25-24(28)23(17-8-4-2-5-9-17)18-10-6-3-7-11-18/h2-13,16,23H,14-15H2,1H3,(H,25,28)(H,26,27). The van der Waals surface area contributed by atoms with Gasteiger partial charge in [-0.3, -0.25) is 4.79 Å². The molecule has 4 aromatic rings. The highest BCUT2D eigenvalue weighted by atomic mass is 16.5. The number of H-pyrrole nitrogens is 1. The first-order chi connectivity index (χ1) is 14.2. The normalized spacial score (nSPS) is 11.0. The lowest BCUT2D eigenvalue weighted by atomic mass is 9.90. The Kier molecular flexibility index (Phi) is 5.56. The minimum absolute atomic E-state index is 0.0137. The average Bonchev–Trinajstić information content (AvgIpc) is 3.17. The van der Waals surface area contributed by atoms with Crippen molar-refractivity contribution in [2.75, 3.05) is 13.7 Å². The van der Waals surface area contributed by atoms with Crippen LogP contribution in [0.3, 0.4) is 0 Å². The summed E-state index contributed by atoms with van der Waals surface area (Å²) < 4.78 is 5.25. The van der Waals surface area contributed by atoms with Gasteiger partial charge in [-0.25, -0.2) is 4.98 Å². The molecule has 0 saturated carbocycles. The molecule has 1 heterocycles. The van der Waals surface area contributed by atoms with Gasteiger partial charge in [0.1, 0.15) is 11.6 Å². The number of ether oxygens (including phenoxy) is 1. The fourth-order valence-electron chi connectivity index (χ4n) is 3.48. The molecule has 3 aromatic carbocycles. The van der Waals surface area contributed by atoms with Crippen molar-refractivity contribution in [2.24, 2.45) is 0 Å². The molecule has 1 aromatic heterocycles. The number of aromatic nitrogens is 2. The van der Waals surface area contributed by atoms with Crippen LogP contribution in [0.2, 0.25) is 0 Å². The number of imidazole rings is 1. The Morgan fingerprint density at radius 1 is 1.00 bits per heavy atom. The summed E-state index contributed by atoms with van der Waals surface area (Å²) in [6.07, 6.45) is 0.624. The molecular weight excluding hydrogens is 362 g/mol. The number of amides is 1. The molecule has 0 spiro atoms. The second kappa shape index (κ2) is 8.61. The van der Waals surface area contributed by atoms with Gasteiger partial charge in [0.15, 0.2) is 0 Å². The Labute approximate surface area is 169 Å². The van der Waals surface area contributed by atoms with Crippen molar-refractivity contribution in [3.63, 3.8) is 0 Å². The molecule has 4 rings (SSSR count). The molecule has 0 bridgehead atoms. The molecule has 0 fully saturated rings. The highest BCUT2D eigenvalue weighted by molar-refractivity contribution is 5.87. The SMILES string of the molecule is COc1ccc2nc(CCNC(=O)C(c3ccccc3)c3ccccc3)[nH]c2c1. The minimum atomic E-state index is -0.336. The lowest BCUT2D eigenvalue weighted by Gasteiger charge is -2.17. The van der Waals surface area contributed by atoms with Crippen molar-refractivity contribution in [1.29, 1.82) is 0 Å².